The minimum absolute atomic E-state index is 0.218. The van der Waals surface area contributed by atoms with Gasteiger partial charge < -0.3 is 15.0 Å². The van der Waals surface area contributed by atoms with Gasteiger partial charge in [-0.25, -0.2) is 9.18 Å². The number of para-hydroxylation sites is 1. The standard InChI is InChI=1S/C28H29FN2O3/c1-19-14-16-21(17-15-19)24(30-26(33)34-27(2,3)4)28(29)22-12-8-9-13-23(22)31(25(28)32)18-20-10-6-5-7-11-20/h5-17,24H,18H2,1-4H3,(H,30,33)/t24-,28-/m0/s1. The molecule has 0 spiro atoms. The normalized spacial score (nSPS) is 18.4. The number of amides is 2. The number of benzene rings is 3. The first-order valence-electron chi connectivity index (χ1n) is 11.3. The number of alkyl halides is 1. The quantitative estimate of drug-likeness (QED) is 0.510. The van der Waals surface area contributed by atoms with Crippen molar-refractivity contribution in [2.24, 2.45) is 0 Å². The van der Waals surface area contributed by atoms with E-state index in [4.69, 9.17) is 4.74 Å². The minimum Gasteiger partial charge on any atom is -0.444 e. The van der Waals surface area contributed by atoms with Gasteiger partial charge in [-0.05, 0) is 44.9 Å². The van der Waals surface area contributed by atoms with Gasteiger partial charge in [0, 0.05) is 5.56 Å². The Morgan fingerprint density at radius 3 is 2.26 bits per heavy atom. The second-order valence-corrected chi connectivity index (χ2v) is 9.60. The average molecular weight is 461 g/mol. The van der Waals surface area contributed by atoms with Gasteiger partial charge in [0.05, 0.1) is 12.2 Å². The molecule has 5 nitrogen and oxygen atoms in total. The van der Waals surface area contributed by atoms with E-state index in [0.717, 1.165) is 11.1 Å². The number of nitrogens with one attached hydrogen (secondary N) is 1. The molecule has 2 amide bonds. The van der Waals surface area contributed by atoms with E-state index in [1.807, 2.05) is 49.4 Å². The molecule has 0 saturated heterocycles. The summed E-state index contributed by atoms with van der Waals surface area (Å²) in [6.45, 7) is 7.33. The lowest BCUT2D eigenvalue weighted by atomic mass is 9.84. The third kappa shape index (κ3) is 4.53. The maximum Gasteiger partial charge on any atom is 0.408 e. The first-order chi connectivity index (χ1) is 16.1. The molecule has 3 aromatic carbocycles. The number of halogens is 1. The topological polar surface area (TPSA) is 58.6 Å². The van der Waals surface area contributed by atoms with Gasteiger partial charge in [-0.1, -0.05) is 78.4 Å². The lowest BCUT2D eigenvalue weighted by Crippen LogP contribution is -2.48. The summed E-state index contributed by atoms with van der Waals surface area (Å²) in [5.74, 6) is -0.723. The van der Waals surface area contributed by atoms with Gasteiger partial charge in [-0.2, -0.15) is 0 Å². The second-order valence-electron chi connectivity index (χ2n) is 9.60. The zero-order chi connectivity index (χ0) is 24.5. The molecule has 34 heavy (non-hydrogen) atoms. The molecule has 1 aliphatic rings. The van der Waals surface area contributed by atoms with Crippen molar-refractivity contribution in [3.63, 3.8) is 0 Å². The largest absolute Gasteiger partial charge is 0.444 e. The number of ether oxygens (including phenoxy) is 1. The lowest BCUT2D eigenvalue weighted by Gasteiger charge is -2.32. The van der Waals surface area contributed by atoms with Crippen LogP contribution in [0.3, 0.4) is 0 Å². The highest BCUT2D eigenvalue weighted by molar-refractivity contribution is 6.07. The number of alkyl carbamates (subject to hydrolysis) is 1. The maximum absolute atomic E-state index is 17.2. The van der Waals surface area contributed by atoms with Crippen LogP contribution < -0.4 is 10.2 Å². The Kier molecular flexibility index (Phi) is 6.17. The van der Waals surface area contributed by atoms with Gasteiger partial charge in [0.25, 0.3) is 5.91 Å². The van der Waals surface area contributed by atoms with Gasteiger partial charge in [-0.15, -0.1) is 0 Å². The zero-order valence-corrected chi connectivity index (χ0v) is 19.8. The summed E-state index contributed by atoms with van der Waals surface area (Å²) in [7, 11) is 0. The Morgan fingerprint density at radius 1 is 1.00 bits per heavy atom. The van der Waals surface area contributed by atoms with Gasteiger partial charge in [0.2, 0.25) is 5.67 Å². The Morgan fingerprint density at radius 2 is 1.62 bits per heavy atom. The number of fused-ring (bicyclic) bond motifs is 1. The number of nitrogens with zero attached hydrogens (tertiary/aromatic N) is 1. The molecule has 0 radical (unpaired) electrons. The zero-order valence-electron chi connectivity index (χ0n) is 19.8. The average Bonchev–Trinajstić information content (AvgIpc) is 3.00. The van der Waals surface area contributed by atoms with E-state index in [1.165, 1.54) is 4.90 Å². The molecule has 0 aliphatic carbocycles. The van der Waals surface area contributed by atoms with Crippen molar-refractivity contribution in [3.8, 4) is 0 Å². The van der Waals surface area contributed by atoms with E-state index in [9.17, 15) is 9.59 Å². The van der Waals surface area contributed by atoms with Crippen LogP contribution in [-0.4, -0.2) is 17.6 Å². The number of rotatable bonds is 5. The van der Waals surface area contributed by atoms with Gasteiger partial charge >= 0.3 is 6.09 Å². The van der Waals surface area contributed by atoms with Crippen LogP contribution in [0.15, 0.2) is 78.9 Å². The minimum atomic E-state index is -2.52. The fraction of sp³-hybridized carbons (Fsp3) is 0.286. The number of carbonyl (C=O) groups excluding carboxylic acids is 2. The Balaban J connectivity index is 1.79. The van der Waals surface area contributed by atoms with Crippen molar-refractivity contribution in [2.75, 3.05) is 4.90 Å². The molecule has 1 aliphatic heterocycles. The number of hydrogen-bond acceptors (Lipinski definition) is 3. The summed E-state index contributed by atoms with van der Waals surface area (Å²) < 4.78 is 22.7. The Labute approximate surface area is 199 Å². The van der Waals surface area contributed by atoms with Gasteiger partial charge in [-0.3, -0.25) is 4.79 Å². The predicted octanol–water partition coefficient (Wildman–Crippen LogP) is 5.97. The fourth-order valence-corrected chi connectivity index (χ4v) is 4.24. The molecule has 0 unspecified atom stereocenters. The summed E-state index contributed by atoms with van der Waals surface area (Å²) in [5, 5.41) is 2.66. The molecule has 0 aromatic heterocycles. The van der Waals surface area contributed by atoms with Crippen LogP contribution in [0.25, 0.3) is 0 Å². The monoisotopic (exact) mass is 460 g/mol. The summed E-state index contributed by atoms with van der Waals surface area (Å²) in [4.78, 5) is 28.0. The number of hydrogen-bond donors (Lipinski definition) is 1. The van der Waals surface area contributed by atoms with Crippen molar-refractivity contribution < 1.29 is 18.7 Å². The van der Waals surface area contributed by atoms with E-state index >= 15 is 4.39 Å². The molecule has 0 saturated carbocycles. The van der Waals surface area contributed by atoms with Crippen molar-refractivity contribution >= 4 is 17.7 Å². The van der Waals surface area contributed by atoms with Crippen LogP contribution >= 0.6 is 0 Å². The van der Waals surface area contributed by atoms with Gasteiger partial charge in [0.1, 0.15) is 11.6 Å². The third-order valence-corrected chi connectivity index (χ3v) is 5.80. The molecule has 2 atom stereocenters. The summed E-state index contributed by atoms with van der Waals surface area (Å²) >= 11 is 0. The summed E-state index contributed by atoms with van der Waals surface area (Å²) in [6, 6.07) is 22.1. The fourth-order valence-electron chi connectivity index (χ4n) is 4.24. The molecule has 0 fully saturated rings. The lowest BCUT2D eigenvalue weighted by molar-refractivity contribution is -0.131. The second kappa shape index (κ2) is 8.93. The first-order valence-corrected chi connectivity index (χ1v) is 11.3. The van der Waals surface area contributed by atoms with Crippen LogP contribution in [-0.2, 0) is 21.7 Å². The molecule has 4 rings (SSSR count). The highest BCUT2D eigenvalue weighted by atomic mass is 19.1. The SMILES string of the molecule is Cc1ccc([C@H](NC(=O)OC(C)(C)C)[C@]2(F)C(=O)N(Cc3ccccc3)c3ccccc32)cc1. The Bertz CT molecular complexity index is 1190. The molecule has 0 bridgehead atoms. The van der Waals surface area contributed by atoms with Crippen LogP contribution in [0, 0.1) is 6.92 Å². The van der Waals surface area contributed by atoms with Crippen molar-refractivity contribution in [1.82, 2.24) is 5.32 Å². The van der Waals surface area contributed by atoms with E-state index in [2.05, 4.69) is 5.32 Å². The maximum atomic E-state index is 17.2. The van der Waals surface area contributed by atoms with Gasteiger partial charge in [0.15, 0.2) is 0 Å². The predicted molar refractivity (Wildman–Crippen MR) is 130 cm³/mol. The highest BCUT2D eigenvalue weighted by Gasteiger charge is 2.58. The van der Waals surface area contributed by atoms with E-state index in [0.29, 0.717) is 11.3 Å². The summed E-state index contributed by atoms with van der Waals surface area (Å²) in [6.07, 6.45) is -0.790. The van der Waals surface area contributed by atoms with Crippen LogP contribution in [0.5, 0.6) is 0 Å². The molecule has 1 N–H and O–H groups in total. The van der Waals surface area contributed by atoms with Crippen LogP contribution in [0.1, 0.15) is 49.1 Å². The Hall–Kier alpha value is -3.67. The van der Waals surface area contributed by atoms with E-state index in [1.54, 1.807) is 57.2 Å². The molecule has 176 valence electrons. The van der Waals surface area contributed by atoms with Crippen molar-refractivity contribution in [3.05, 3.63) is 101 Å². The molecule has 3 aromatic rings. The molecular formula is C28H29FN2O3. The van der Waals surface area contributed by atoms with Crippen molar-refractivity contribution in [1.29, 1.82) is 0 Å². The third-order valence-electron chi connectivity index (χ3n) is 5.80. The number of anilines is 1. The van der Waals surface area contributed by atoms with Crippen LogP contribution in [0.4, 0.5) is 14.9 Å². The van der Waals surface area contributed by atoms with E-state index < -0.39 is 29.3 Å². The molecular weight excluding hydrogens is 431 g/mol. The smallest absolute Gasteiger partial charge is 0.408 e. The summed E-state index contributed by atoms with van der Waals surface area (Å²) in [5.41, 5.74) is -0.249. The van der Waals surface area contributed by atoms with Crippen LogP contribution in [0.2, 0.25) is 0 Å². The van der Waals surface area contributed by atoms with Crippen molar-refractivity contribution in [2.45, 2.75) is 51.6 Å². The number of carbonyl (C=O) groups is 2. The first kappa shape index (κ1) is 23.5. The highest BCUT2D eigenvalue weighted by Crippen LogP contribution is 2.50. The van der Waals surface area contributed by atoms with E-state index in [-0.39, 0.29) is 12.1 Å². The number of aryl methyl sites for hydroxylation is 1. The molecule has 1 heterocycles. The molecule has 6 heteroatoms.